The Kier molecular flexibility index (Phi) is 11.5. The Hall–Kier alpha value is -4.43. The third kappa shape index (κ3) is 8.60. The van der Waals surface area contributed by atoms with Gasteiger partial charge in [0.1, 0.15) is 12.6 Å². The maximum Gasteiger partial charge on any atom is 0.264 e. The van der Waals surface area contributed by atoms with Crippen molar-refractivity contribution in [1.82, 2.24) is 10.2 Å². The van der Waals surface area contributed by atoms with E-state index in [0.29, 0.717) is 12.2 Å². The molecule has 4 aromatic carbocycles. The van der Waals surface area contributed by atoms with Crippen molar-refractivity contribution in [1.29, 1.82) is 0 Å². The highest BCUT2D eigenvalue weighted by atomic mass is 32.2. The van der Waals surface area contributed by atoms with E-state index in [1.807, 2.05) is 87.5 Å². The summed E-state index contributed by atoms with van der Waals surface area (Å²) in [5, 5.41) is 3.03. The van der Waals surface area contributed by atoms with Crippen LogP contribution in [0.15, 0.2) is 108 Å². The molecule has 236 valence electrons. The van der Waals surface area contributed by atoms with Crippen molar-refractivity contribution in [2.75, 3.05) is 17.4 Å². The minimum Gasteiger partial charge on any atom is -0.354 e. The summed E-state index contributed by atoms with van der Waals surface area (Å²) in [6.45, 7) is 7.96. The van der Waals surface area contributed by atoms with Crippen molar-refractivity contribution >= 4 is 27.5 Å². The monoisotopic (exact) mass is 625 g/mol. The lowest BCUT2D eigenvalue weighted by atomic mass is 10.0. The van der Waals surface area contributed by atoms with Gasteiger partial charge in [0.2, 0.25) is 11.8 Å². The standard InChI is InChI=1S/C37H43N3O4S/c1-5-6-23-38-37(42)35(25-31-16-9-7-10-17-31)39(26-32-18-14-13-15-29(32)3)36(41)27-40(34-22-21-28(2)24-30(34)4)45(43,44)33-19-11-8-12-20-33/h7-22,24,35H,5-6,23,25-27H2,1-4H3,(H,38,42). The number of sulfonamides is 1. The zero-order valence-corrected chi connectivity index (χ0v) is 27.4. The van der Waals surface area contributed by atoms with E-state index in [1.165, 1.54) is 16.4 Å². The fourth-order valence-electron chi connectivity index (χ4n) is 5.35. The summed E-state index contributed by atoms with van der Waals surface area (Å²) < 4.78 is 29.6. The highest BCUT2D eigenvalue weighted by Crippen LogP contribution is 2.28. The Balaban J connectivity index is 1.81. The number of rotatable bonds is 14. The molecule has 8 heteroatoms. The Morgan fingerprint density at radius 3 is 2.09 bits per heavy atom. The average molecular weight is 626 g/mol. The zero-order chi connectivity index (χ0) is 32.4. The van der Waals surface area contributed by atoms with Crippen molar-refractivity contribution in [3.05, 3.63) is 131 Å². The van der Waals surface area contributed by atoms with Gasteiger partial charge in [-0.1, -0.05) is 104 Å². The molecule has 0 fully saturated rings. The number of aryl methyl sites for hydroxylation is 3. The first kappa shape index (κ1) is 33.5. The number of anilines is 1. The second-order valence-corrected chi connectivity index (χ2v) is 13.3. The molecular weight excluding hydrogens is 582 g/mol. The molecule has 0 bridgehead atoms. The van der Waals surface area contributed by atoms with Crippen LogP contribution in [0.2, 0.25) is 0 Å². The van der Waals surface area contributed by atoms with Gasteiger partial charge in [0.25, 0.3) is 10.0 Å². The molecule has 0 aliphatic carbocycles. The van der Waals surface area contributed by atoms with Crippen LogP contribution in [0, 0.1) is 20.8 Å². The van der Waals surface area contributed by atoms with Gasteiger partial charge in [-0.2, -0.15) is 0 Å². The van der Waals surface area contributed by atoms with Crippen molar-refractivity contribution in [3.8, 4) is 0 Å². The number of hydrogen-bond acceptors (Lipinski definition) is 4. The van der Waals surface area contributed by atoms with Crippen molar-refractivity contribution in [2.45, 2.75) is 64.4 Å². The molecule has 2 amide bonds. The molecule has 0 aliphatic rings. The molecule has 4 rings (SSSR count). The van der Waals surface area contributed by atoms with Crippen molar-refractivity contribution < 1.29 is 18.0 Å². The van der Waals surface area contributed by atoms with E-state index in [4.69, 9.17) is 0 Å². The summed E-state index contributed by atoms with van der Waals surface area (Å²) in [5.41, 5.74) is 4.88. The summed E-state index contributed by atoms with van der Waals surface area (Å²) in [7, 11) is -4.14. The predicted molar refractivity (Wildman–Crippen MR) is 180 cm³/mol. The molecule has 45 heavy (non-hydrogen) atoms. The number of carbonyl (C=O) groups excluding carboxylic acids is 2. The maximum absolute atomic E-state index is 14.6. The molecule has 4 aromatic rings. The number of nitrogens with one attached hydrogen (secondary N) is 1. The van der Waals surface area contributed by atoms with Crippen LogP contribution in [0.3, 0.4) is 0 Å². The van der Waals surface area contributed by atoms with E-state index >= 15 is 0 Å². The Morgan fingerprint density at radius 1 is 0.800 bits per heavy atom. The van der Waals surface area contributed by atoms with Crippen LogP contribution in [0.5, 0.6) is 0 Å². The quantitative estimate of drug-likeness (QED) is 0.165. The largest absolute Gasteiger partial charge is 0.354 e. The molecular formula is C37H43N3O4S. The van der Waals surface area contributed by atoms with Gasteiger partial charge in [0.15, 0.2) is 0 Å². The van der Waals surface area contributed by atoms with Crippen LogP contribution in [0.1, 0.15) is 47.6 Å². The fraction of sp³-hybridized carbons (Fsp3) is 0.297. The number of unbranched alkanes of at least 4 members (excludes halogenated alkanes) is 1. The van der Waals surface area contributed by atoms with E-state index in [9.17, 15) is 18.0 Å². The molecule has 7 nitrogen and oxygen atoms in total. The van der Waals surface area contributed by atoms with Crippen LogP contribution in [-0.4, -0.2) is 44.3 Å². The molecule has 0 saturated heterocycles. The lowest BCUT2D eigenvalue weighted by Crippen LogP contribution is -2.53. The third-order valence-electron chi connectivity index (χ3n) is 7.93. The van der Waals surface area contributed by atoms with E-state index in [2.05, 4.69) is 12.2 Å². The molecule has 0 heterocycles. The van der Waals surface area contributed by atoms with Crippen molar-refractivity contribution in [2.24, 2.45) is 0 Å². The van der Waals surface area contributed by atoms with Gasteiger partial charge < -0.3 is 10.2 Å². The second kappa shape index (κ2) is 15.5. The van der Waals surface area contributed by atoms with Gasteiger partial charge in [-0.3, -0.25) is 13.9 Å². The molecule has 1 unspecified atom stereocenters. The van der Waals surface area contributed by atoms with Crippen molar-refractivity contribution in [3.63, 3.8) is 0 Å². The Morgan fingerprint density at radius 2 is 1.44 bits per heavy atom. The van der Waals surface area contributed by atoms with Crippen LogP contribution in [0.25, 0.3) is 0 Å². The number of carbonyl (C=O) groups is 2. The van der Waals surface area contributed by atoms with Gasteiger partial charge in [0.05, 0.1) is 10.6 Å². The van der Waals surface area contributed by atoms with Crippen LogP contribution in [-0.2, 0) is 32.6 Å². The molecule has 0 spiro atoms. The van der Waals surface area contributed by atoms with E-state index in [1.54, 1.807) is 29.2 Å². The normalized spacial score (nSPS) is 11.9. The Labute approximate surface area is 268 Å². The van der Waals surface area contributed by atoms with Gasteiger partial charge in [-0.25, -0.2) is 8.42 Å². The lowest BCUT2D eigenvalue weighted by molar-refractivity contribution is -0.140. The van der Waals surface area contributed by atoms with E-state index < -0.39 is 28.5 Å². The van der Waals surface area contributed by atoms with Crippen LogP contribution >= 0.6 is 0 Å². The highest BCUT2D eigenvalue weighted by molar-refractivity contribution is 7.92. The lowest BCUT2D eigenvalue weighted by Gasteiger charge is -2.34. The third-order valence-corrected chi connectivity index (χ3v) is 9.71. The average Bonchev–Trinajstić information content (AvgIpc) is 3.03. The van der Waals surface area contributed by atoms with E-state index in [-0.39, 0.29) is 23.8 Å². The maximum atomic E-state index is 14.6. The highest BCUT2D eigenvalue weighted by Gasteiger charge is 2.35. The minimum atomic E-state index is -4.14. The number of benzene rings is 4. The zero-order valence-electron chi connectivity index (χ0n) is 26.6. The second-order valence-electron chi connectivity index (χ2n) is 11.4. The number of amides is 2. The first-order chi connectivity index (χ1) is 21.6. The molecule has 0 radical (unpaired) electrons. The summed E-state index contributed by atoms with van der Waals surface area (Å²) in [4.78, 5) is 30.1. The van der Waals surface area contributed by atoms with Gasteiger partial charge in [-0.05, 0) is 67.6 Å². The summed E-state index contributed by atoms with van der Waals surface area (Å²) >= 11 is 0. The molecule has 1 atom stereocenters. The van der Waals surface area contributed by atoms with Crippen LogP contribution < -0.4 is 9.62 Å². The first-order valence-corrected chi connectivity index (χ1v) is 16.9. The van der Waals surface area contributed by atoms with Gasteiger partial charge in [-0.15, -0.1) is 0 Å². The topological polar surface area (TPSA) is 86.8 Å². The molecule has 0 saturated carbocycles. The molecule has 1 N–H and O–H groups in total. The minimum absolute atomic E-state index is 0.0846. The fourth-order valence-corrected chi connectivity index (χ4v) is 6.85. The van der Waals surface area contributed by atoms with Gasteiger partial charge >= 0.3 is 0 Å². The number of nitrogens with zero attached hydrogens (tertiary/aromatic N) is 2. The summed E-state index contributed by atoms with van der Waals surface area (Å²) in [6.07, 6.45) is 2.01. The van der Waals surface area contributed by atoms with Crippen LogP contribution in [0.4, 0.5) is 5.69 Å². The SMILES string of the molecule is CCCCNC(=O)C(Cc1ccccc1)N(Cc1ccccc1C)C(=O)CN(c1ccc(C)cc1C)S(=O)(=O)c1ccccc1. The molecule has 0 aromatic heterocycles. The smallest absolute Gasteiger partial charge is 0.264 e. The van der Waals surface area contributed by atoms with Gasteiger partial charge in [0, 0.05) is 19.5 Å². The summed E-state index contributed by atoms with van der Waals surface area (Å²) in [6, 6.07) is 30.1. The number of hydrogen-bond donors (Lipinski definition) is 1. The first-order valence-electron chi connectivity index (χ1n) is 15.4. The Bertz CT molecular complexity index is 1690. The predicted octanol–water partition coefficient (Wildman–Crippen LogP) is 6.36. The summed E-state index contributed by atoms with van der Waals surface area (Å²) in [5.74, 6) is -0.734. The molecule has 0 aliphatic heterocycles. The van der Waals surface area contributed by atoms with E-state index in [0.717, 1.165) is 40.7 Å².